The van der Waals surface area contributed by atoms with Crippen molar-refractivity contribution < 1.29 is 17.9 Å². The summed E-state index contributed by atoms with van der Waals surface area (Å²) in [5, 5.41) is 7.40. The number of nitrogens with zero attached hydrogens (tertiary/aromatic N) is 1. The molecule has 0 saturated heterocycles. The van der Waals surface area contributed by atoms with E-state index in [-0.39, 0.29) is 5.36 Å². The summed E-state index contributed by atoms with van der Waals surface area (Å²) in [5.74, 6) is 0. The van der Waals surface area contributed by atoms with Crippen molar-refractivity contribution in [3.05, 3.63) is 29.9 Å². The molecule has 0 fully saturated rings. The highest BCUT2D eigenvalue weighted by molar-refractivity contribution is 7.88. The van der Waals surface area contributed by atoms with Crippen molar-refractivity contribution >= 4 is 16.3 Å². The number of hydrogen-bond donors (Lipinski definition) is 2. The topological polar surface area (TPSA) is 101 Å². The summed E-state index contributed by atoms with van der Waals surface area (Å²) in [7, 11) is -4.04. The Morgan fingerprint density at radius 2 is 1.83 bits per heavy atom. The molecule has 1 aromatic rings. The van der Waals surface area contributed by atoms with Gasteiger partial charge in [0.1, 0.15) is 5.60 Å². The highest BCUT2D eigenvalue weighted by Crippen LogP contribution is 2.07. The zero-order valence-electron chi connectivity index (χ0n) is 10.3. The fourth-order valence-electron chi connectivity index (χ4n) is 1.03. The van der Waals surface area contributed by atoms with Crippen molar-refractivity contribution in [2.24, 2.45) is 0 Å². The van der Waals surface area contributed by atoms with Crippen LogP contribution in [0.1, 0.15) is 20.8 Å². The van der Waals surface area contributed by atoms with Crippen LogP contribution in [-0.2, 0) is 14.9 Å². The van der Waals surface area contributed by atoms with Crippen LogP contribution in [0.4, 0.5) is 4.79 Å². The molecule has 100 valence electrons. The van der Waals surface area contributed by atoms with Gasteiger partial charge < -0.3 is 10.1 Å². The number of carbonyl (C=O) groups is 1. The third-order valence-electron chi connectivity index (χ3n) is 1.69. The molecule has 1 rings (SSSR count). The van der Waals surface area contributed by atoms with Crippen LogP contribution in [0.25, 0.3) is 0 Å². The molecule has 0 aliphatic heterocycles. The Hall–Kier alpha value is -1.83. The first-order valence-electron chi connectivity index (χ1n) is 5.09. The first-order chi connectivity index (χ1) is 8.10. The molecule has 0 spiro atoms. The van der Waals surface area contributed by atoms with E-state index in [0.29, 0.717) is 0 Å². The predicted molar refractivity (Wildman–Crippen MR) is 64.0 cm³/mol. The monoisotopic (exact) mass is 273 g/mol. The molecule has 1 heterocycles. The standard InChI is InChI=1S/C10H15N3O4S/c1-10(2,3)17-9(14)12-18(15,16)13-6-4-8(11)5-7-13/h4-7,11H,1-3H3,(H,12,14). The molecular formula is C10H15N3O4S. The van der Waals surface area contributed by atoms with E-state index in [4.69, 9.17) is 10.1 Å². The normalized spacial score (nSPS) is 11.9. The number of amides is 1. The Balaban J connectivity index is 2.86. The fraction of sp³-hybridized carbons (Fsp3) is 0.400. The molecule has 0 unspecified atom stereocenters. The predicted octanol–water partition coefficient (Wildman–Crippen LogP) is 0.585. The Kier molecular flexibility index (Phi) is 3.80. The van der Waals surface area contributed by atoms with Crippen LogP contribution in [0.5, 0.6) is 0 Å². The lowest BCUT2D eigenvalue weighted by Gasteiger charge is -2.19. The van der Waals surface area contributed by atoms with Gasteiger partial charge in [0, 0.05) is 12.4 Å². The lowest BCUT2D eigenvalue weighted by Crippen LogP contribution is -2.39. The number of aromatic nitrogens is 1. The van der Waals surface area contributed by atoms with Crippen molar-refractivity contribution in [1.29, 1.82) is 5.41 Å². The van der Waals surface area contributed by atoms with Gasteiger partial charge in [0.05, 0.1) is 5.36 Å². The summed E-state index contributed by atoms with van der Waals surface area (Å²) in [6, 6.07) is 2.57. The van der Waals surface area contributed by atoms with Crippen molar-refractivity contribution in [2.75, 3.05) is 0 Å². The van der Waals surface area contributed by atoms with Crippen LogP contribution in [0.15, 0.2) is 24.5 Å². The Morgan fingerprint density at radius 3 is 2.28 bits per heavy atom. The van der Waals surface area contributed by atoms with Crippen molar-refractivity contribution in [3.63, 3.8) is 0 Å². The SMILES string of the molecule is CC(C)(C)OC(=O)NS(=O)(=O)n1ccc(=N)cc1. The number of rotatable bonds is 2. The average molecular weight is 273 g/mol. The quantitative estimate of drug-likeness (QED) is 0.823. The minimum absolute atomic E-state index is 0.165. The zero-order valence-corrected chi connectivity index (χ0v) is 11.1. The number of carbonyl (C=O) groups excluding carboxylic acids is 1. The van der Waals surface area contributed by atoms with E-state index in [2.05, 4.69) is 0 Å². The summed E-state index contributed by atoms with van der Waals surface area (Å²) in [4.78, 5) is 11.4. The van der Waals surface area contributed by atoms with Gasteiger partial charge in [0.25, 0.3) is 0 Å². The maximum absolute atomic E-state index is 11.7. The van der Waals surface area contributed by atoms with Crippen LogP contribution in [0.2, 0.25) is 0 Å². The third-order valence-corrected chi connectivity index (χ3v) is 2.91. The van der Waals surface area contributed by atoms with Crippen LogP contribution >= 0.6 is 0 Å². The number of ether oxygens (including phenoxy) is 1. The molecule has 0 atom stereocenters. The summed E-state index contributed by atoms with van der Waals surface area (Å²) in [5.41, 5.74) is -0.782. The number of nitrogens with one attached hydrogen (secondary N) is 2. The second-order valence-corrected chi connectivity index (χ2v) is 6.10. The molecule has 1 amide bonds. The van der Waals surface area contributed by atoms with E-state index in [9.17, 15) is 13.2 Å². The molecule has 8 heteroatoms. The summed E-state index contributed by atoms with van der Waals surface area (Å²) in [6.45, 7) is 4.88. The highest BCUT2D eigenvalue weighted by atomic mass is 32.2. The zero-order chi connectivity index (χ0) is 14.0. The van der Waals surface area contributed by atoms with E-state index < -0.39 is 21.9 Å². The molecule has 0 saturated carbocycles. The van der Waals surface area contributed by atoms with E-state index in [1.807, 2.05) is 0 Å². The second-order valence-electron chi connectivity index (χ2n) is 4.53. The average Bonchev–Trinajstić information content (AvgIpc) is 2.13. The molecule has 0 aliphatic rings. The Morgan fingerprint density at radius 1 is 1.33 bits per heavy atom. The summed E-state index contributed by atoms with van der Waals surface area (Å²) in [6.07, 6.45) is 1.27. The van der Waals surface area contributed by atoms with Gasteiger partial charge in [-0.15, -0.1) is 0 Å². The van der Waals surface area contributed by atoms with Gasteiger partial charge in [0.15, 0.2) is 0 Å². The van der Waals surface area contributed by atoms with Gasteiger partial charge in [-0.2, -0.15) is 8.42 Å². The number of pyridine rings is 1. The molecule has 0 radical (unpaired) electrons. The van der Waals surface area contributed by atoms with Crippen LogP contribution in [0.3, 0.4) is 0 Å². The molecular weight excluding hydrogens is 258 g/mol. The molecule has 2 N–H and O–H groups in total. The van der Waals surface area contributed by atoms with E-state index >= 15 is 0 Å². The lowest BCUT2D eigenvalue weighted by molar-refractivity contribution is 0.0569. The van der Waals surface area contributed by atoms with E-state index in [0.717, 1.165) is 16.4 Å². The number of hydrogen-bond acceptors (Lipinski definition) is 5. The van der Waals surface area contributed by atoms with Crippen molar-refractivity contribution in [2.45, 2.75) is 26.4 Å². The summed E-state index contributed by atoms with van der Waals surface area (Å²) >= 11 is 0. The highest BCUT2D eigenvalue weighted by Gasteiger charge is 2.21. The van der Waals surface area contributed by atoms with Gasteiger partial charge in [-0.3, -0.25) is 0 Å². The Labute approximate surface area is 105 Å². The lowest BCUT2D eigenvalue weighted by atomic mass is 10.2. The van der Waals surface area contributed by atoms with Crippen LogP contribution < -0.4 is 10.1 Å². The fourth-order valence-corrected chi connectivity index (χ4v) is 1.83. The van der Waals surface area contributed by atoms with Crippen LogP contribution in [-0.4, -0.2) is 24.1 Å². The molecule has 0 bridgehead atoms. The minimum atomic E-state index is -4.04. The van der Waals surface area contributed by atoms with Crippen LogP contribution in [0, 0.1) is 5.41 Å². The minimum Gasteiger partial charge on any atom is -0.443 e. The van der Waals surface area contributed by atoms with Gasteiger partial charge >= 0.3 is 16.3 Å². The Bertz CT molecular complexity index is 578. The van der Waals surface area contributed by atoms with Gasteiger partial charge in [-0.1, -0.05) is 0 Å². The second kappa shape index (κ2) is 4.81. The molecule has 0 aromatic carbocycles. The van der Waals surface area contributed by atoms with Gasteiger partial charge in [-0.05, 0) is 32.9 Å². The largest absolute Gasteiger partial charge is 0.443 e. The summed E-state index contributed by atoms with van der Waals surface area (Å²) < 4.78 is 30.8. The molecule has 0 aliphatic carbocycles. The first kappa shape index (κ1) is 14.2. The maximum Gasteiger partial charge on any atom is 0.422 e. The molecule has 18 heavy (non-hydrogen) atoms. The van der Waals surface area contributed by atoms with Gasteiger partial charge in [-0.25, -0.2) is 13.5 Å². The van der Waals surface area contributed by atoms with Gasteiger partial charge in [0.2, 0.25) is 0 Å². The van der Waals surface area contributed by atoms with Crippen molar-refractivity contribution in [1.82, 2.24) is 8.69 Å². The maximum atomic E-state index is 11.7. The van der Waals surface area contributed by atoms with Crippen molar-refractivity contribution in [3.8, 4) is 0 Å². The third kappa shape index (κ3) is 4.21. The van der Waals surface area contributed by atoms with E-state index in [1.165, 1.54) is 12.1 Å². The molecule has 1 aromatic heterocycles. The smallest absolute Gasteiger partial charge is 0.422 e. The molecule has 7 nitrogen and oxygen atoms in total. The van der Waals surface area contributed by atoms with E-state index in [1.54, 1.807) is 25.5 Å². The first-order valence-corrected chi connectivity index (χ1v) is 6.53.